The van der Waals surface area contributed by atoms with Crippen molar-refractivity contribution in [1.82, 2.24) is 9.29 Å². The van der Waals surface area contributed by atoms with Crippen molar-refractivity contribution < 1.29 is 22.6 Å². The van der Waals surface area contributed by atoms with Crippen LogP contribution in [0.15, 0.2) is 47.6 Å². The molecule has 0 saturated carbocycles. The van der Waals surface area contributed by atoms with Crippen LogP contribution in [0.4, 0.5) is 0 Å². The topological polar surface area (TPSA) is 78.0 Å². The SMILES string of the molecule is COCCN(Cc1ccncc1)S(=O)(=O)c1cc(OC)ccc1OC. The zero-order chi connectivity index (χ0) is 18.3. The zero-order valence-corrected chi connectivity index (χ0v) is 15.3. The van der Waals surface area contributed by atoms with Crippen molar-refractivity contribution >= 4 is 10.0 Å². The number of benzene rings is 1. The van der Waals surface area contributed by atoms with E-state index in [0.717, 1.165) is 5.56 Å². The largest absolute Gasteiger partial charge is 0.497 e. The van der Waals surface area contributed by atoms with Crippen molar-refractivity contribution in [2.45, 2.75) is 11.4 Å². The van der Waals surface area contributed by atoms with Crippen LogP contribution in [0.25, 0.3) is 0 Å². The lowest BCUT2D eigenvalue weighted by molar-refractivity contribution is 0.177. The van der Waals surface area contributed by atoms with Crippen LogP contribution < -0.4 is 9.47 Å². The minimum atomic E-state index is -3.82. The molecule has 136 valence electrons. The highest BCUT2D eigenvalue weighted by atomic mass is 32.2. The van der Waals surface area contributed by atoms with E-state index in [0.29, 0.717) is 5.75 Å². The van der Waals surface area contributed by atoms with E-state index in [9.17, 15) is 8.42 Å². The summed E-state index contributed by atoms with van der Waals surface area (Å²) >= 11 is 0. The van der Waals surface area contributed by atoms with E-state index in [1.807, 2.05) is 0 Å². The van der Waals surface area contributed by atoms with Crippen LogP contribution in [0.3, 0.4) is 0 Å². The molecule has 0 aliphatic rings. The molecule has 0 radical (unpaired) electrons. The van der Waals surface area contributed by atoms with Crippen LogP contribution >= 0.6 is 0 Å². The number of methoxy groups -OCH3 is 3. The highest BCUT2D eigenvalue weighted by molar-refractivity contribution is 7.89. The zero-order valence-electron chi connectivity index (χ0n) is 14.5. The Morgan fingerprint density at radius 1 is 1.04 bits per heavy atom. The van der Waals surface area contributed by atoms with Gasteiger partial charge in [-0.1, -0.05) is 0 Å². The number of aromatic nitrogens is 1. The molecule has 1 heterocycles. The Kier molecular flexibility index (Phi) is 6.74. The summed E-state index contributed by atoms with van der Waals surface area (Å²) in [6.07, 6.45) is 3.26. The van der Waals surface area contributed by atoms with Gasteiger partial charge in [0.1, 0.15) is 16.4 Å². The summed E-state index contributed by atoms with van der Waals surface area (Å²) in [7, 11) is 0.630. The first-order chi connectivity index (χ1) is 12.0. The van der Waals surface area contributed by atoms with Gasteiger partial charge in [0.05, 0.1) is 20.8 Å². The summed E-state index contributed by atoms with van der Waals surface area (Å²) in [5, 5.41) is 0. The summed E-state index contributed by atoms with van der Waals surface area (Å²) < 4.78 is 43.2. The van der Waals surface area contributed by atoms with Crippen molar-refractivity contribution in [3.8, 4) is 11.5 Å². The highest BCUT2D eigenvalue weighted by Gasteiger charge is 2.28. The van der Waals surface area contributed by atoms with Crippen LogP contribution in [-0.2, 0) is 21.3 Å². The van der Waals surface area contributed by atoms with E-state index >= 15 is 0 Å². The Balaban J connectivity index is 2.43. The van der Waals surface area contributed by atoms with Crippen LogP contribution in [-0.4, -0.2) is 52.2 Å². The van der Waals surface area contributed by atoms with E-state index in [2.05, 4.69) is 4.98 Å². The minimum absolute atomic E-state index is 0.0551. The molecule has 0 spiro atoms. The molecular weight excluding hydrogens is 344 g/mol. The van der Waals surface area contributed by atoms with Crippen molar-refractivity contribution in [3.05, 3.63) is 48.3 Å². The third-order valence-corrected chi connectivity index (χ3v) is 5.51. The molecule has 1 aromatic carbocycles. The predicted octanol–water partition coefficient (Wildman–Crippen LogP) is 1.94. The Hall–Kier alpha value is -2.16. The fraction of sp³-hybridized carbons (Fsp3) is 0.353. The molecule has 0 aliphatic carbocycles. The van der Waals surface area contributed by atoms with Crippen molar-refractivity contribution in [2.75, 3.05) is 34.5 Å². The van der Waals surface area contributed by atoms with E-state index in [-0.39, 0.29) is 30.3 Å². The quantitative estimate of drug-likeness (QED) is 0.675. The maximum absolute atomic E-state index is 13.2. The van der Waals surface area contributed by atoms with Gasteiger partial charge in [-0.05, 0) is 29.8 Å². The first kappa shape index (κ1) is 19.2. The normalized spacial score (nSPS) is 11.5. The van der Waals surface area contributed by atoms with Crippen LogP contribution in [0, 0.1) is 0 Å². The van der Waals surface area contributed by atoms with Gasteiger partial charge < -0.3 is 14.2 Å². The second kappa shape index (κ2) is 8.80. The van der Waals surface area contributed by atoms with Crippen molar-refractivity contribution in [3.63, 3.8) is 0 Å². The lowest BCUT2D eigenvalue weighted by atomic mass is 10.3. The molecule has 1 aromatic heterocycles. The van der Waals surface area contributed by atoms with Gasteiger partial charge in [-0.3, -0.25) is 4.98 Å². The summed E-state index contributed by atoms with van der Waals surface area (Å²) in [5.41, 5.74) is 0.830. The highest BCUT2D eigenvalue weighted by Crippen LogP contribution is 2.31. The smallest absolute Gasteiger partial charge is 0.247 e. The molecule has 2 rings (SSSR count). The average molecular weight is 366 g/mol. The van der Waals surface area contributed by atoms with Gasteiger partial charge in [0.15, 0.2) is 0 Å². The second-order valence-corrected chi connectivity index (χ2v) is 7.11. The summed E-state index contributed by atoms with van der Waals surface area (Å²) in [6.45, 7) is 0.687. The molecule has 2 aromatic rings. The Labute approximate surface area is 148 Å². The summed E-state index contributed by atoms with van der Waals surface area (Å²) in [6, 6.07) is 8.24. The Bertz CT molecular complexity index is 781. The number of ether oxygens (including phenoxy) is 3. The predicted molar refractivity (Wildman–Crippen MR) is 93.3 cm³/mol. The molecule has 25 heavy (non-hydrogen) atoms. The van der Waals surface area contributed by atoms with Crippen molar-refractivity contribution in [2.24, 2.45) is 0 Å². The van der Waals surface area contributed by atoms with E-state index < -0.39 is 10.0 Å². The van der Waals surface area contributed by atoms with Crippen molar-refractivity contribution in [1.29, 1.82) is 0 Å². The number of pyridine rings is 1. The second-order valence-electron chi connectivity index (χ2n) is 5.20. The van der Waals surface area contributed by atoms with Gasteiger partial charge in [-0.25, -0.2) is 8.42 Å². The van der Waals surface area contributed by atoms with Gasteiger partial charge in [0.25, 0.3) is 0 Å². The first-order valence-corrected chi connectivity index (χ1v) is 9.07. The monoisotopic (exact) mass is 366 g/mol. The van der Waals surface area contributed by atoms with Crippen LogP contribution in [0.1, 0.15) is 5.56 Å². The Morgan fingerprint density at radius 2 is 1.76 bits per heavy atom. The van der Waals surface area contributed by atoms with Gasteiger partial charge in [-0.15, -0.1) is 0 Å². The van der Waals surface area contributed by atoms with Gasteiger partial charge in [-0.2, -0.15) is 4.31 Å². The number of rotatable bonds is 9. The molecule has 7 nitrogen and oxygen atoms in total. The molecule has 0 unspecified atom stereocenters. The van der Waals surface area contributed by atoms with Crippen LogP contribution in [0.2, 0.25) is 0 Å². The molecule has 8 heteroatoms. The molecule has 0 aliphatic heterocycles. The number of hydrogen-bond acceptors (Lipinski definition) is 6. The summed E-state index contributed by atoms with van der Waals surface area (Å²) in [4.78, 5) is 4.01. The number of nitrogens with zero attached hydrogens (tertiary/aromatic N) is 2. The molecule has 0 amide bonds. The number of hydrogen-bond donors (Lipinski definition) is 0. The molecule has 0 fully saturated rings. The van der Waals surface area contributed by atoms with Gasteiger partial charge in [0.2, 0.25) is 10.0 Å². The lowest BCUT2D eigenvalue weighted by Gasteiger charge is -2.23. The standard InChI is InChI=1S/C17H22N2O5S/c1-22-11-10-19(13-14-6-8-18-9-7-14)25(20,21)17-12-15(23-2)4-5-16(17)24-3/h4-9,12H,10-11,13H2,1-3H3. The average Bonchev–Trinajstić information content (AvgIpc) is 2.65. The number of sulfonamides is 1. The molecular formula is C17H22N2O5S. The Morgan fingerprint density at radius 3 is 2.36 bits per heavy atom. The fourth-order valence-corrected chi connectivity index (χ4v) is 3.88. The van der Waals surface area contributed by atoms with Gasteiger partial charge >= 0.3 is 0 Å². The van der Waals surface area contributed by atoms with E-state index in [1.165, 1.54) is 31.7 Å². The molecule has 0 saturated heterocycles. The molecule has 0 atom stereocenters. The molecule has 0 N–H and O–H groups in total. The third-order valence-electron chi connectivity index (χ3n) is 3.64. The van der Waals surface area contributed by atoms with E-state index in [4.69, 9.17) is 14.2 Å². The van der Waals surface area contributed by atoms with Crippen LogP contribution in [0.5, 0.6) is 11.5 Å². The van der Waals surface area contributed by atoms with Gasteiger partial charge in [0, 0.05) is 38.7 Å². The first-order valence-electron chi connectivity index (χ1n) is 7.63. The minimum Gasteiger partial charge on any atom is -0.497 e. The fourth-order valence-electron chi connectivity index (χ4n) is 2.29. The third kappa shape index (κ3) is 4.68. The molecule has 0 bridgehead atoms. The summed E-state index contributed by atoms with van der Waals surface area (Å²) in [5.74, 6) is 0.702. The maximum atomic E-state index is 13.2. The lowest BCUT2D eigenvalue weighted by Crippen LogP contribution is -2.33. The van der Waals surface area contributed by atoms with E-state index in [1.54, 1.807) is 36.7 Å². The maximum Gasteiger partial charge on any atom is 0.247 e.